The number of nitriles is 1. The van der Waals surface area contributed by atoms with Gasteiger partial charge in [0.25, 0.3) is 5.91 Å². The summed E-state index contributed by atoms with van der Waals surface area (Å²) in [4.78, 5) is 11.5. The van der Waals surface area contributed by atoms with Gasteiger partial charge in [0.05, 0.1) is 19.4 Å². The fourth-order valence-corrected chi connectivity index (χ4v) is 3.03. The van der Waals surface area contributed by atoms with Gasteiger partial charge in [0, 0.05) is 28.7 Å². The lowest BCUT2D eigenvalue weighted by atomic mass is 10.1. The summed E-state index contributed by atoms with van der Waals surface area (Å²) in [6.45, 7) is 2.75. The van der Waals surface area contributed by atoms with Crippen LogP contribution in [0.1, 0.15) is 23.2 Å². The molecule has 0 aliphatic heterocycles. The Morgan fingerprint density at radius 2 is 2.07 bits per heavy atom. The first-order chi connectivity index (χ1) is 13.1. The van der Waals surface area contributed by atoms with Crippen molar-refractivity contribution >= 4 is 23.0 Å². The molecule has 1 amide bonds. The number of nitrogens with one attached hydrogen (secondary N) is 1. The summed E-state index contributed by atoms with van der Waals surface area (Å²) in [5.74, 6) is 0.319. The van der Waals surface area contributed by atoms with E-state index in [-0.39, 0.29) is 6.42 Å². The minimum absolute atomic E-state index is 0.222. The third-order valence-corrected chi connectivity index (χ3v) is 4.39. The minimum atomic E-state index is -0.433. The van der Waals surface area contributed by atoms with E-state index in [0.717, 1.165) is 34.5 Å². The molecule has 136 valence electrons. The first kappa shape index (κ1) is 18.2. The number of carbonyl (C=O) groups excluding carboxylic acids is 1. The van der Waals surface area contributed by atoms with Crippen molar-refractivity contribution < 1.29 is 9.53 Å². The van der Waals surface area contributed by atoms with Gasteiger partial charge in [-0.05, 0) is 30.7 Å². The molecule has 0 saturated carbocycles. The summed E-state index contributed by atoms with van der Waals surface area (Å²) in [5.41, 5.74) is 6.56. The Kier molecular flexibility index (Phi) is 5.53. The number of ether oxygens (including phenoxy) is 1. The van der Waals surface area contributed by atoms with E-state index >= 15 is 0 Å². The van der Waals surface area contributed by atoms with E-state index < -0.39 is 5.91 Å². The lowest BCUT2D eigenvalue weighted by Crippen LogP contribution is -2.16. The zero-order valence-corrected chi connectivity index (χ0v) is 15.3. The van der Waals surface area contributed by atoms with Crippen LogP contribution in [-0.4, -0.2) is 23.8 Å². The van der Waals surface area contributed by atoms with Crippen molar-refractivity contribution in [2.24, 2.45) is 5.10 Å². The summed E-state index contributed by atoms with van der Waals surface area (Å²) in [6, 6.07) is 17.9. The third kappa shape index (κ3) is 3.98. The topological polar surface area (TPSA) is 79.4 Å². The predicted molar refractivity (Wildman–Crippen MR) is 105 cm³/mol. The minimum Gasteiger partial charge on any atom is -0.497 e. The second-order valence-corrected chi connectivity index (χ2v) is 6.08. The zero-order valence-electron chi connectivity index (χ0n) is 15.3. The molecule has 2 aromatic carbocycles. The smallest absolute Gasteiger partial charge is 0.254 e. The van der Waals surface area contributed by atoms with E-state index in [2.05, 4.69) is 27.2 Å². The second-order valence-electron chi connectivity index (χ2n) is 6.08. The zero-order chi connectivity index (χ0) is 19.2. The van der Waals surface area contributed by atoms with Crippen LogP contribution in [0.5, 0.6) is 5.75 Å². The van der Waals surface area contributed by atoms with Gasteiger partial charge in [-0.2, -0.15) is 10.4 Å². The van der Waals surface area contributed by atoms with Crippen molar-refractivity contribution in [3.05, 3.63) is 65.4 Å². The molecule has 27 heavy (non-hydrogen) atoms. The fourth-order valence-electron chi connectivity index (χ4n) is 3.03. The normalized spacial score (nSPS) is 10.9. The van der Waals surface area contributed by atoms with Crippen molar-refractivity contribution in [2.75, 3.05) is 7.11 Å². The summed E-state index contributed by atoms with van der Waals surface area (Å²) in [5, 5.41) is 13.6. The van der Waals surface area contributed by atoms with Gasteiger partial charge in [0.2, 0.25) is 0 Å². The number of amides is 1. The quantitative estimate of drug-likeness (QED) is 0.541. The van der Waals surface area contributed by atoms with Crippen LogP contribution < -0.4 is 10.2 Å². The molecular formula is C21H20N4O2. The molecule has 0 spiro atoms. The van der Waals surface area contributed by atoms with Gasteiger partial charge in [-0.25, -0.2) is 5.43 Å². The standard InChI is InChI=1S/C21H20N4O2/c1-15-19(13-23-24-21(26)10-11-22)18-12-17(27-2)8-9-20(18)25(15)14-16-6-4-3-5-7-16/h3-9,12-13H,10,14H2,1-2H3,(H,24,26). The van der Waals surface area contributed by atoms with Crippen molar-refractivity contribution in [3.8, 4) is 11.8 Å². The van der Waals surface area contributed by atoms with E-state index in [0.29, 0.717) is 0 Å². The van der Waals surface area contributed by atoms with Gasteiger partial charge in [0.1, 0.15) is 12.2 Å². The number of hydrazone groups is 1. The van der Waals surface area contributed by atoms with Crippen LogP contribution in [0.25, 0.3) is 10.9 Å². The maximum atomic E-state index is 11.5. The summed E-state index contributed by atoms with van der Waals surface area (Å²) in [6.07, 6.45) is 1.40. The number of nitrogens with zero attached hydrogens (tertiary/aromatic N) is 3. The maximum absolute atomic E-state index is 11.5. The van der Waals surface area contributed by atoms with E-state index in [4.69, 9.17) is 10.00 Å². The maximum Gasteiger partial charge on any atom is 0.254 e. The number of benzene rings is 2. The van der Waals surface area contributed by atoms with Crippen LogP contribution in [-0.2, 0) is 11.3 Å². The van der Waals surface area contributed by atoms with Crippen LogP contribution >= 0.6 is 0 Å². The number of rotatable bonds is 6. The highest BCUT2D eigenvalue weighted by atomic mass is 16.5. The SMILES string of the molecule is COc1ccc2c(c1)c(C=NNC(=O)CC#N)c(C)n2Cc1ccccc1. The Hall–Kier alpha value is -3.59. The molecule has 0 unspecified atom stereocenters. The molecule has 0 bridgehead atoms. The molecule has 1 N–H and O–H groups in total. The molecule has 1 heterocycles. The van der Waals surface area contributed by atoms with Crippen LogP contribution in [0, 0.1) is 18.3 Å². The number of fused-ring (bicyclic) bond motifs is 1. The second kappa shape index (κ2) is 8.19. The van der Waals surface area contributed by atoms with Crippen molar-refractivity contribution in [1.82, 2.24) is 9.99 Å². The molecule has 1 aromatic heterocycles. The Morgan fingerprint density at radius 1 is 1.30 bits per heavy atom. The summed E-state index contributed by atoms with van der Waals surface area (Å²) in [7, 11) is 1.63. The van der Waals surface area contributed by atoms with Crippen molar-refractivity contribution in [1.29, 1.82) is 5.26 Å². The largest absolute Gasteiger partial charge is 0.497 e. The third-order valence-electron chi connectivity index (χ3n) is 4.39. The van der Waals surface area contributed by atoms with Gasteiger partial charge in [-0.15, -0.1) is 0 Å². The molecule has 6 nitrogen and oxygen atoms in total. The average molecular weight is 360 g/mol. The van der Waals surface area contributed by atoms with E-state index in [9.17, 15) is 4.79 Å². The van der Waals surface area contributed by atoms with Crippen LogP contribution in [0.15, 0.2) is 53.6 Å². The van der Waals surface area contributed by atoms with E-state index in [1.807, 2.05) is 43.3 Å². The molecule has 3 rings (SSSR count). The van der Waals surface area contributed by atoms with E-state index in [1.165, 1.54) is 5.56 Å². The van der Waals surface area contributed by atoms with Gasteiger partial charge >= 0.3 is 0 Å². The van der Waals surface area contributed by atoms with Crippen LogP contribution in [0.2, 0.25) is 0 Å². The summed E-state index contributed by atoms with van der Waals surface area (Å²) < 4.78 is 7.57. The van der Waals surface area contributed by atoms with Gasteiger partial charge in [-0.1, -0.05) is 30.3 Å². The average Bonchev–Trinajstić information content (AvgIpc) is 2.94. The summed E-state index contributed by atoms with van der Waals surface area (Å²) >= 11 is 0. The van der Waals surface area contributed by atoms with Gasteiger partial charge in [-0.3, -0.25) is 4.79 Å². The lowest BCUT2D eigenvalue weighted by molar-refractivity contribution is -0.120. The molecule has 3 aromatic rings. The highest BCUT2D eigenvalue weighted by molar-refractivity contribution is 6.02. The highest BCUT2D eigenvalue weighted by Crippen LogP contribution is 2.29. The van der Waals surface area contributed by atoms with Crippen LogP contribution in [0.3, 0.4) is 0 Å². The number of hydrogen-bond acceptors (Lipinski definition) is 4. The molecule has 0 atom stereocenters. The Morgan fingerprint density at radius 3 is 2.78 bits per heavy atom. The molecular weight excluding hydrogens is 340 g/mol. The van der Waals surface area contributed by atoms with Gasteiger partial charge < -0.3 is 9.30 Å². The fraction of sp³-hybridized carbons (Fsp3) is 0.190. The number of hydrogen-bond donors (Lipinski definition) is 1. The number of carbonyl (C=O) groups is 1. The molecule has 6 heteroatoms. The Bertz CT molecular complexity index is 1030. The first-order valence-electron chi connectivity index (χ1n) is 8.53. The predicted octanol–water partition coefficient (Wildman–Crippen LogP) is 3.37. The lowest BCUT2D eigenvalue weighted by Gasteiger charge is -2.09. The molecule has 0 fully saturated rings. The molecule has 0 saturated heterocycles. The molecule has 0 aliphatic carbocycles. The van der Waals surface area contributed by atoms with E-state index in [1.54, 1.807) is 19.4 Å². The Labute approximate surface area is 157 Å². The number of aromatic nitrogens is 1. The molecule has 0 radical (unpaired) electrons. The van der Waals surface area contributed by atoms with Crippen molar-refractivity contribution in [2.45, 2.75) is 19.9 Å². The van der Waals surface area contributed by atoms with Crippen LogP contribution in [0.4, 0.5) is 0 Å². The van der Waals surface area contributed by atoms with Gasteiger partial charge in [0.15, 0.2) is 0 Å². The van der Waals surface area contributed by atoms with Crippen molar-refractivity contribution in [3.63, 3.8) is 0 Å². The monoisotopic (exact) mass is 360 g/mol. The Balaban J connectivity index is 2.03. The highest BCUT2D eigenvalue weighted by Gasteiger charge is 2.14. The number of methoxy groups -OCH3 is 1. The first-order valence-corrected chi connectivity index (χ1v) is 8.53. The molecule has 0 aliphatic rings.